The zero-order chi connectivity index (χ0) is 20.8. The largest absolute Gasteiger partial charge is 0.493 e. The lowest BCUT2D eigenvalue weighted by Crippen LogP contribution is -2.21. The third-order valence-corrected chi connectivity index (χ3v) is 5.94. The molecule has 0 amide bonds. The van der Waals surface area contributed by atoms with E-state index in [-0.39, 0.29) is 37.3 Å². The predicted molar refractivity (Wildman–Crippen MR) is 104 cm³/mol. The summed E-state index contributed by atoms with van der Waals surface area (Å²) < 4.78 is 38.8. The SMILES string of the molecule is COc1cc(C(c2cc(OC)c3c(c2)OCO3)C2COC(=O)C2C)cc2c1OCO2. The molecule has 2 aromatic rings. The van der Waals surface area contributed by atoms with Gasteiger partial charge >= 0.3 is 5.97 Å². The molecule has 158 valence electrons. The van der Waals surface area contributed by atoms with Crippen molar-refractivity contribution in [3.63, 3.8) is 0 Å². The molecule has 0 saturated carbocycles. The molecule has 3 aliphatic rings. The summed E-state index contributed by atoms with van der Waals surface area (Å²) in [6.45, 7) is 2.48. The number of fused-ring (bicyclic) bond motifs is 2. The maximum absolute atomic E-state index is 12.2. The smallest absolute Gasteiger partial charge is 0.309 e. The number of cyclic esters (lactones) is 1. The summed E-state index contributed by atoms with van der Waals surface area (Å²) in [6, 6.07) is 7.71. The van der Waals surface area contributed by atoms with Crippen LogP contribution in [0.25, 0.3) is 0 Å². The predicted octanol–water partition coefficient (Wildman–Crippen LogP) is 3.10. The van der Waals surface area contributed by atoms with E-state index in [0.717, 1.165) is 11.1 Å². The number of carbonyl (C=O) groups is 1. The Labute approximate surface area is 173 Å². The van der Waals surface area contributed by atoms with Crippen LogP contribution in [-0.4, -0.2) is 40.4 Å². The molecule has 2 unspecified atom stereocenters. The van der Waals surface area contributed by atoms with E-state index in [4.69, 9.17) is 33.2 Å². The Morgan fingerprint density at radius 3 is 1.80 bits per heavy atom. The first kappa shape index (κ1) is 18.7. The number of carbonyl (C=O) groups excluding carboxylic acids is 1. The molecule has 2 aromatic carbocycles. The average molecular weight is 414 g/mol. The van der Waals surface area contributed by atoms with Crippen LogP contribution >= 0.6 is 0 Å². The van der Waals surface area contributed by atoms with Gasteiger partial charge in [0.25, 0.3) is 0 Å². The Morgan fingerprint density at radius 1 is 0.833 bits per heavy atom. The van der Waals surface area contributed by atoms with Gasteiger partial charge in [-0.2, -0.15) is 0 Å². The van der Waals surface area contributed by atoms with Crippen LogP contribution in [-0.2, 0) is 9.53 Å². The van der Waals surface area contributed by atoms with Gasteiger partial charge in [0.1, 0.15) is 0 Å². The summed E-state index contributed by atoms with van der Waals surface area (Å²) in [7, 11) is 3.18. The second kappa shape index (κ2) is 7.19. The summed E-state index contributed by atoms with van der Waals surface area (Å²) in [6.07, 6.45) is 0. The summed E-state index contributed by atoms with van der Waals surface area (Å²) in [5.74, 6) is 2.77. The normalized spacial score (nSPS) is 21.1. The highest BCUT2D eigenvalue weighted by Crippen LogP contribution is 2.50. The Kier molecular flexibility index (Phi) is 4.49. The van der Waals surface area contributed by atoms with Crippen molar-refractivity contribution in [2.24, 2.45) is 11.8 Å². The third-order valence-electron chi connectivity index (χ3n) is 5.94. The molecule has 0 radical (unpaired) electrons. The van der Waals surface area contributed by atoms with Crippen LogP contribution in [0.15, 0.2) is 24.3 Å². The van der Waals surface area contributed by atoms with Gasteiger partial charge in [-0.05, 0) is 35.4 Å². The maximum atomic E-state index is 12.2. The van der Waals surface area contributed by atoms with Crippen molar-refractivity contribution in [1.29, 1.82) is 0 Å². The average Bonchev–Trinajstić information content (AvgIpc) is 3.49. The van der Waals surface area contributed by atoms with E-state index in [1.807, 2.05) is 31.2 Å². The number of methoxy groups -OCH3 is 2. The summed E-state index contributed by atoms with van der Waals surface area (Å²) >= 11 is 0. The number of hydrogen-bond acceptors (Lipinski definition) is 8. The fourth-order valence-electron chi connectivity index (χ4n) is 4.36. The number of esters is 1. The van der Waals surface area contributed by atoms with Gasteiger partial charge in [0, 0.05) is 11.8 Å². The molecular weight excluding hydrogens is 392 g/mol. The van der Waals surface area contributed by atoms with E-state index < -0.39 is 0 Å². The topological polar surface area (TPSA) is 81.7 Å². The molecule has 1 saturated heterocycles. The molecule has 30 heavy (non-hydrogen) atoms. The van der Waals surface area contributed by atoms with Gasteiger partial charge in [0.15, 0.2) is 23.0 Å². The first-order valence-electron chi connectivity index (χ1n) is 9.72. The van der Waals surface area contributed by atoms with Crippen LogP contribution in [0.1, 0.15) is 24.0 Å². The van der Waals surface area contributed by atoms with Gasteiger partial charge < -0.3 is 33.2 Å². The van der Waals surface area contributed by atoms with E-state index >= 15 is 0 Å². The highest BCUT2D eigenvalue weighted by Gasteiger charge is 2.41. The summed E-state index contributed by atoms with van der Waals surface area (Å²) in [4.78, 5) is 12.2. The van der Waals surface area contributed by atoms with Crippen LogP contribution in [0.5, 0.6) is 34.5 Å². The van der Waals surface area contributed by atoms with E-state index in [9.17, 15) is 4.79 Å². The van der Waals surface area contributed by atoms with Gasteiger partial charge in [-0.15, -0.1) is 0 Å². The van der Waals surface area contributed by atoms with E-state index in [1.54, 1.807) is 14.2 Å². The molecule has 0 N–H and O–H groups in total. The number of benzene rings is 2. The molecule has 5 rings (SSSR count). The van der Waals surface area contributed by atoms with Crippen LogP contribution in [0.3, 0.4) is 0 Å². The van der Waals surface area contributed by atoms with E-state index in [1.165, 1.54) is 0 Å². The van der Waals surface area contributed by atoms with Crippen molar-refractivity contribution >= 4 is 5.97 Å². The second-order valence-corrected chi connectivity index (χ2v) is 7.47. The molecule has 0 bridgehead atoms. The van der Waals surface area contributed by atoms with Gasteiger partial charge in [-0.3, -0.25) is 4.79 Å². The fourth-order valence-corrected chi connectivity index (χ4v) is 4.36. The molecular formula is C22H22O8. The number of ether oxygens (including phenoxy) is 7. The highest BCUT2D eigenvalue weighted by atomic mass is 16.7. The Bertz CT molecular complexity index is 936. The first-order valence-corrected chi connectivity index (χ1v) is 9.72. The van der Waals surface area contributed by atoms with Crippen molar-refractivity contribution in [3.05, 3.63) is 35.4 Å². The van der Waals surface area contributed by atoms with Crippen molar-refractivity contribution in [3.8, 4) is 34.5 Å². The zero-order valence-electron chi connectivity index (χ0n) is 16.9. The van der Waals surface area contributed by atoms with Crippen LogP contribution in [0, 0.1) is 11.8 Å². The maximum Gasteiger partial charge on any atom is 0.309 e. The summed E-state index contributed by atoms with van der Waals surface area (Å²) in [5, 5.41) is 0. The monoisotopic (exact) mass is 414 g/mol. The number of hydrogen-bond donors (Lipinski definition) is 0. The Hall–Kier alpha value is -3.29. The Morgan fingerprint density at radius 2 is 1.37 bits per heavy atom. The molecule has 0 aliphatic carbocycles. The van der Waals surface area contributed by atoms with E-state index in [2.05, 4.69) is 0 Å². The molecule has 3 aliphatic heterocycles. The molecule has 8 heteroatoms. The highest BCUT2D eigenvalue weighted by molar-refractivity contribution is 5.75. The fraction of sp³-hybridized carbons (Fsp3) is 0.409. The molecule has 0 aromatic heterocycles. The van der Waals surface area contributed by atoms with Gasteiger partial charge in [0.2, 0.25) is 25.1 Å². The van der Waals surface area contributed by atoms with Crippen molar-refractivity contribution in [1.82, 2.24) is 0 Å². The minimum Gasteiger partial charge on any atom is -0.493 e. The van der Waals surface area contributed by atoms with Crippen molar-refractivity contribution in [2.75, 3.05) is 34.4 Å². The van der Waals surface area contributed by atoms with Crippen LogP contribution in [0.4, 0.5) is 0 Å². The number of rotatable bonds is 5. The Balaban J connectivity index is 1.67. The van der Waals surface area contributed by atoms with Gasteiger partial charge in [0.05, 0.1) is 26.7 Å². The molecule has 0 spiro atoms. The lowest BCUT2D eigenvalue weighted by molar-refractivity contribution is -0.140. The lowest BCUT2D eigenvalue weighted by Gasteiger charge is -2.26. The lowest BCUT2D eigenvalue weighted by atomic mass is 9.76. The van der Waals surface area contributed by atoms with Crippen molar-refractivity contribution in [2.45, 2.75) is 12.8 Å². The minimum atomic E-state index is -0.275. The third kappa shape index (κ3) is 2.86. The molecule has 1 fully saturated rings. The second-order valence-electron chi connectivity index (χ2n) is 7.47. The molecule has 8 nitrogen and oxygen atoms in total. The summed E-state index contributed by atoms with van der Waals surface area (Å²) in [5.41, 5.74) is 1.85. The zero-order valence-corrected chi connectivity index (χ0v) is 16.9. The molecule has 3 heterocycles. The van der Waals surface area contributed by atoms with Gasteiger partial charge in [-0.25, -0.2) is 0 Å². The quantitative estimate of drug-likeness (QED) is 0.691. The first-order chi connectivity index (χ1) is 14.6. The van der Waals surface area contributed by atoms with Gasteiger partial charge in [-0.1, -0.05) is 6.92 Å². The van der Waals surface area contributed by atoms with Crippen LogP contribution in [0.2, 0.25) is 0 Å². The van der Waals surface area contributed by atoms with Crippen LogP contribution < -0.4 is 28.4 Å². The molecule has 2 atom stereocenters. The van der Waals surface area contributed by atoms with E-state index in [0.29, 0.717) is 41.1 Å². The minimum absolute atomic E-state index is 0.0901. The van der Waals surface area contributed by atoms with Crippen molar-refractivity contribution < 1.29 is 38.0 Å². The standard InChI is InChI=1S/C22H22O8/c1-11-14(8-26-22(11)23)19(12-4-15(24-2)20-17(6-12)27-9-29-20)13-5-16(25-3)21-18(7-13)28-10-30-21/h4-7,11,14,19H,8-10H2,1-3H3.